The Morgan fingerprint density at radius 3 is 2.90 bits per heavy atom. The Bertz CT molecular complexity index is 739. The molecule has 3 aliphatic carbocycles. The van der Waals surface area contributed by atoms with Crippen LogP contribution in [0.2, 0.25) is 0 Å². The molecule has 5 rings (SSSR count). The highest BCUT2D eigenvalue weighted by molar-refractivity contribution is 5.28. The van der Waals surface area contributed by atoms with Crippen molar-refractivity contribution in [1.82, 2.24) is 5.32 Å². The van der Waals surface area contributed by atoms with E-state index in [0.717, 1.165) is 30.1 Å². The van der Waals surface area contributed by atoms with Crippen molar-refractivity contribution < 1.29 is 4.74 Å². The van der Waals surface area contributed by atoms with Crippen molar-refractivity contribution in [2.75, 3.05) is 6.54 Å². The predicted octanol–water partition coefficient (Wildman–Crippen LogP) is 7.20. The topological polar surface area (TPSA) is 21.3 Å². The molecule has 1 N–H and O–H groups in total. The molecule has 0 radical (unpaired) electrons. The molecule has 2 heteroatoms. The molecule has 2 aliphatic heterocycles. The van der Waals surface area contributed by atoms with Gasteiger partial charge in [0, 0.05) is 6.04 Å². The van der Waals surface area contributed by atoms with E-state index in [0.29, 0.717) is 17.6 Å². The summed E-state index contributed by atoms with van der Waals surface area (Å²) >= 11 is 0. The number of nitrogens with one attached hydrogen (secondary N) is 1. The minimum Gasteiger partial charge on any atom is -0.370 e. The summed E-state index contributed by atoms with van der Waals surface area (Å²) in [7, 11) is 0. The van der Waals surface area contributed by atoms with Gasteiger partial charge in [-0.25, -0.2) is 0 Å². The maximum Gasteiger partial charge on any atom is 0.0740 e. The van der Waals surface area contributed by atoms with Crippen LogP contribution in [-0.4, -0.2) is 24.3 Å². The fourth-order valence-electron chi connectivity index (χ4n) is 8.61. The van der Waals surface area contributed by atoms with Crippen molar-refractivity contribution in [3.05, 3.63) is 23.3 Å². The zero-order valence-corrected chi connectivity index (χ0v) is 20.8. The second kappa shape index (κ2) is 8.32. The van der Waals surface area contributed by atoms with E-state index in [1.807, 2.05) is 5.57 Å². The normalized spacial score (nSPS) is 47.1. The van der Waals surface area contributed by atoms with Crippen LogP contribution in [0.5, 0.6) is 0 Å². The van der Waals surface area contributed by atoms with E-state index in [9.17, 15) is 0 Å². The minimum absolute atomic E-state index is 0.125. The van der Waals surface area contributed by atoms with Gasteiger partial charge in [-0.15, -0.1) is 0 Å². The molecule has 1 spiro atoms. The fourth-order valence-corrected chi connectivity index (χ4v) is 8.61. The molecular formula is C29H47NO. The number of rotatable bonds is 4. The Kier molecular flexibility index (Phi) is 5.96. The van der Waals surface area contributed by atoms with Gasteiger partial charge in [0.1, 0.15) is 0 Å². The van der Waals surface area contributed by atoms with Crippen molar-refractivity contribution in [3.63, 3.8) is 0 Å². The van der Waals surface area contributed by atoms with Gasteiger partial charge in [0.05, 0.1) is 11.7 Å². The highest BCUT2D eigenvalue weighted by atomic mass is 16.5. The Morgan fingerprint density at radius 2 is 2.10 bits per heavy atom. The van der Waals surface area contributed by atoms with Gasteiger partial charge in [-0.05, 0) is 113 Å². The molecule has 0 amide bonds. The first-order valence-corrected chi connectivity index (χ1v) is 13.6. The quantitative estimate of drug-likeness (QED) is 0.481. The first-order valence-electron chi connectivity index (χ1n) is 13.6. The zero-order valence-electron chi connectivity index (χ0n) is 20.8. The minimum atomic E-state index is 0.125. The van der Waals surface area contributed by atoms with Crippen LogP contribution in [0.4, 0.5) is 0 Å². The van der Waals surface area contributed by atoms with E-state index >= 15 is 0 Å². The first-order chi connectivity index (χ1) is 14.8. The second-order valence-corrected chi connectivity index (χ2v) is 12.7. The zero-order chi connectivity index (χ0) is 21.8. The number of piperidine rings is 1. The summed E-state index contributed by atoms with van der Waals surface area (Å²) in [5, 5.41) is 3.82. The van der Waals surface area contributed by atoms with Crippen molar-refractivity contribution in [3.8, 4) is 0 Å². The number of fused-ring (bicyclic) bond motifs is 4. The van der Waals surface area contributed by atoms with Crippen molar-refractivity contribution in [2.45, 2.75) is 122 Å². The van der Waals surface area contributed by atoms with E-state index in [-0.39, 0.29) is 5.60 Å². The second-order valence-electron chi connectivity index (χ2n) is 12.7. The molecule has 8 atom stereocenters. The summed E-state index contributed by atoms with van der Waals surface area (Å²) in [4.78, 5) is 0. The van der Waals surface area contributed by atoms with Crippen LogP contribution >= 0.6 is 0 Å². The van der Waals surface area contributed by atoms with Gasteiger partial charge in [0.2, 0.25) is 0 Å². The van der Waals surface area contributed by atoms with Crippen molar-refractivity contribution in [2.24, 2.45) is 29.1 Å². The molecule has 174 valence electrons. The number of ether oxygens (including phenoxy) is 1. The maximum atomic E-state index is 6.93. The molecule has 2 nitrogen and oxygen atoms in total. The molecule has 0 aromatic heterocycles. The predicted molar refractivity (Wildman–Crippen MR) is 130 cm³/mol. The molecule has 0 aromatic rings. The third-order valence-corrected chi connectivity index (χ3v) is 10.5. The molecule has 31 heavy (non-hydrogen) atoms. The number of allylic oxidation sites excluding steroid dienone is 2. The van der Waals surface area contributed by atoms with Crippen LogP contribution in [0.1, 0.15) is 105 Å². The summed E-state index contributed by atoms with van der Waals surface area (Å²) in [6, 6.07) is 0.601. The highest BCUT2D eigenvalue weighted by Gasteiger charge is 2.54. The van der Waals surface area contributed by atoms with Gasteiger partial charge in [-0.2, -0.15) is 0 Å². The van der Waals surface area contributed by atoms with E-state index in [2.05, 4.69) is 39.6 Å². The van der Waals surface area contributed by atoms with E-state index < -0.39 is 0 Å². The lowest BCUT2D eigenvalue weighted by atomic mass is 9.60. The lowest BCUT2D eigenvalue weighted by Gasteiger charge is -2.45. The average Bonchev–Trinajstić information content (AvgIpc) is 3.25. The Morgan fingerprint density at radius 1 is 1.26 bits per heavy atom. The standard InChI is InChI=1S/C29H47NO/c1-6-19(2)9-12-28(5)11-7-8-23-22-10-13-29(16-21(4)24(22)15-25(23)28)17-26-27(31-29)14-20(3)18-30-26/h20,22-23,25-27,30H,2,6-18H2,1,3-5H3/t20-,22-,23-,25-,26-,27+,28+,29-/m0/s1. The molecule has 5 aliphatic rings. The molecule has 2 saturated heterocycles. The number of hydrogen-bond acceptors (Lipinski definition) is 2. The van der Waals surface area contributed by atoms with E-state index in [1.165, 1.54) is 82.7 Å². The third kappa shape index (κ3) is 3.99. The highest BCUT2D eigenvalue weighted by Crippen LogP contribution is 2.61. The van der Waals surface area contributed by atoms with Crippen LogP contribution in [0.15, 0.2) is 23.3 Å². The van der Waals surface area contributed by atoms with Crippen LogP contribution in [0.25, 0.3) is 0 Å². The van der Waals surface area contributed by atoms with Crippen LogP contribution < -0.4 is 5.32 Å². The molecule has 4 fully saturated rings. The fraction of sp³-hybridized carbons (Fsp3) is 0.862. The summed E-state index contributed by atoms with van der Waals surface area (Å²) in [6.45, 7) is 15.2. The molecule has 0 bridgehead atoms. The van der Waals surface area contributed by atoms with Gasteiger partial charge in [-0.1, -0.05) is 50.5 Å². The Labute approximate surface area is 191 Å². The van der Waals surface area contributed by atoms with E-state index in [1.54, 1.807) is 5.57 Å². The molecule has 2 saturated carbocycles. The summed E-state index contributed by atoms with van der Waals surface area (Å²) < 4.78 is 6.93. The molecule has 2 heterocycles. The van der Waals surface area contributed by atoms with Gasteiger partial charge < -0.3 is 10.1 Å². The summed E-state index contributed by atoms with van der Waals surface area (Å²) in [5.41, 5.74) is 5.69. The maximum absolute atomic E-state index is 6.93. The van der Waals surface area contributed by atoms with Gasteiger partial charge >= 0.3 is 0 Å². The summed E-state index contributed by atoms with van der Waals surface area (Å²) in [6.07, 6.45) is 16.3. The molecule has 0 aromatic carbocycles. The largest absolute Gasteiger partial charge is 0.370 e. The van der Waals surface area contributed by atoms with Crippen LogP contribution in [0.3, 0.4) is 0 Å². The molecule has 0 unspecified atom stereocenters. The Hall–Kier alpha value is -0.600. The van der Waals surface area contributed by atoms with Crippen LogP contribution in [-0.2, 0) is 4.74 Å². The lowest BCUT2D eigenvalue weighted by molar-refractivity contribution is -0.0616. The molecular weight excluding hydrogens is 378 g/mol. The van der Waals surface area contributed by atoms with Crippen molar-refractivity contribution in [1.29, 1.82) is 0 Å². The Balaban J connectivity index is 1.34. The smallest absolute Gasteiger partial charge is 0.0740 e. The van der Waals surface area contributed by atoms with Gasteiger partial charge in [0.15, 0.2) is 0 Å². The van der Waals surface area contributed by atoms with E-state index in [4.69, 9.17) is 4.74 Å². The SMILES string of the molecule is C=C(CC)CC[C@@]1(C)CCC[C@H]2[C@@H]3CC[C@]4(CC(C)=C3C[C@@H]21)C[C@@H]1NC[C@@H](C)C[C@H]1O4. The van der Waals surface area contributed by atoms with Gasteiger partial charge in [-0.3, -0.25) is 0 Å². The van der Waals surface area contributed by atoms with Crippen molar-refractivity contribution >= 4 is 0 Å². The van der Waals surface area contributed by atoms with Gasteiger partial charge in [0.25, 0.3) is 0 Å². The average molecular weight is 426 g/mol. The monoisotopic (exact) mass is 425 g/mol. The lowest BCUT2D eigenvalue weighted by Crippen LogP contribution is -2.45. The van der Waals surface area contributed by atoms with Crippen LogP contribution in [0, 0.1) is 29.1 Å². The number of hydrogen-bond donors (Lipinski definition) is 1. The third-order valence-electron chi connectivity index (χ3n) is 10.5. The summed E-state index contributed by atoms with van der Waals surface area (Å²) in [5.74, 6) is 3.43. The first kappa shape index (κ1) is 22.2.